The maximum absolute atomic E-state index is 4.83. The molecule has 0 N–H and O–H groups in total. The fourth-order valence-corrected chi connectivity index (χ4v) is 0. The first-order valence-corrected chi connectivity index (χ1v) is 7.04. The van der Waals surface area contributed by atoms with Crippen LogP contribution in [0.3, 0.4) is 0 Å². The number of hydrogen-bond donors (Lipinski definition) is 0. The van der Waals surface area contributed by atoms with Crippen LogP contribution in [0.1, 0.15) is 0 Å². The van der Waals surface area contributed by atoms with Crippen molar-refractivity contribution in [2.75, 3.05) is 0 Å². The van der Waals surface area contributed by atoms with Crippen molar-refractivity contribution >= 4 is 8.25 Å². The van der Waals surface area contributed by atoms with Crippen molar-refractivity contribution in [1.82, 2.24) is 0 Å². The summed E-state index contributed by atoms with van der Waals surface area (Å²) in [7, 11) is 4.83. The maximum atomic E-state index is 4.83. The monoisotopic (exact) mass is 339 g/mol. The van der Waals surface area contributed by atoms with Gasteiger partial charge in [-0.15, -0.1) is 0 Å². The molecule has 0 atom stereocenters. The molecule has 0 aromatic carbocycles. The molecule has 0 aromatic heterocycles. The van der Waals surface area contributed by atoms with Gasteiger partial charge in [0.1, 0.15) is 0 Å². The van der Waals surface area contributed by atoms with E-state index >= 15 is 0 Å². The van der Waals surface area contributed by atoms with Crippen molar-refractivity contribution in [2.24, 2.45) is 0 Å². The van der Waals surface area contributed by atoms with Gasteiger partial charge in [0.15, 0.2) is 0 Å². The van der Waals surface area contributed by atoms with Crippen LogP contribution in [0.25, 0.3) is 0 Å². The number of rotatable bonds is 0. The van der Waals surface area contributed by atoms with Gasteiger partial charge in [0.25, 0.3) is 0 Å². The van der Waals surface area contributed by atoms with Gasteiger partial charge >= 0.3 is 62.7 Å². The van der Waals surface area contributed by atoms with Crippen molar-refractivity contribution in [3.63, 3.8) is 0 Å². The zero-order valence-corrected chi connectivity index (χ0v) is 12.3. The van der Waals surface area contributed by atoms with Crippen LogP contribution in [0.4, 0.5) is 0 Å². The predicted octanol–water partition coefficient (Wildman–Crippen LogP) is -5.30. The number of hydrogen-bond acceptors (Lipinski definition) is 0. The molecular weight excluding hydrogens is 339 g/mol. The molecule has 0 spiro atoms. The molecule has 0 rings (SSSR count). The van der Waals surface area contributed by atoms with E-state index in [2.05, 4.69) is 0 Å². The van der Waals surface area contributed by atoms with Gasteiger partial charge in [-0.05, 0) is 0 Å². The molecule has 0 aliphatic heterocycles. The van der Waals surface area contributed by atoms with Crippen LogP contribution in [0.5, 0.6) is 0 Å². The van der Waals surface area contributed by atoms with Gasteiger partial charge in [0.2, 0.25) is 0 Å². The molecule has 0 nitrogen and oxygen atoms in total. The summed E-state index contributed by atoms with van der Waals surface area (Å²) in [5.74, 6) is 0. The first-order chi connectivity index (χ1) is 1.00. The second kappa shape index (κ2) is 17.3. The van der Waals surface area contributed by atoms with Crippen LogP contribution in [0.15, 0.2) is 0 Å². The Labute approximate surface area is 78.1 Å². The zero-order chi connectivity index (χ0) is 2.00. The van der Waals surface area contributed by atoms with Gasteiger partial charge in [-0.2, -0.15) is 0 Å². The third-order valence-corrected chi connectivity index (χ3v) is 0. The van der Waals surface area contributed by atoms with E-state index in [4.69, 9.17) is 8.25 Å². The summed E-state index contributed by atoms with van der Waals surface area (Å²) in [5, 5.41) is 0. The van der Waals surface area contributed by atoms with E-state index in [0.717, 1.165) is 0 Å². The van der Waals surface area contributed by atoms with Gasteiger partial charge in [0.05, 0.1) is 0 Å². The normalized spacial score (nSPS) is 1.75. The first-order valence-electron chi connectivity index (χ1n) is 0.267. The molecule has 0 fully saturated rings. The fourth-order valence-electron chi connectivity index (χ4n) is 0. The van der Waals surface area contributed by atoms with Crippen LogP contribution in [-0.2, 0) is 24.9 Å². The molecule has 0 radical (unpaired) electrons. The average Bonchev–Trinajstić information content (AvgIpc) is 1.00. The smallest absolute Gasteiger partial charge is 1.00 e. The molecule has 0 unspecified atom stereocenters. The van der Waals surface area contributed by atoms with Crippen LogP contribution < -0.4 is 46.5 Å². The Balaban J connectivity index is -0.00000000500. The van der Waals surface area contributed by atoms with Crippen molar-refractivity contribution < 1.29 is 71.4 Å². The van der Waals surface area contributed by atoms with E-state index < -0.39 is 0 Å². The second-order valence-corrected chi connectivity index (χ2v) is 0. The Morgan fingerprint density at radius 2 is 1.25 bits per heavy atom. The molecule has 0 saturated carbocycles. The topological polar surface area (TPSA) is 0 Å². The minimum absolute atomic E-state index is 0. The Hall–Kier alpha value is 2.71. The van der Waals surface area contributed by atoms with E-state index in [1.807, 2.05) is 0 Å². The third kappa shape index (κ3) is 8.83. The van der Waals surface area contributed by atoms with Crippen LogP contribution in [0, 0.1) is 0 Å². The molecular formula is BrClHgNa. The summed E-state index contributed by atoms with van der Waals surface area (Å²) in [6.07, 6.45) is 0. The number of halogens is 2. The molecule has 4 heteroatoms. The largest absolute Gasteiger partial charge is 1.00 e. The summed E-state index contributed by atoms with van der Waals surface area (Å²) in [6, 6.07) is 0. The molecule has 4 heavy (non-hydrogen) atoms. The SMILES string of the molecule is [Br-].[Cl][Hg].[Na+]. The summed E-state index contributed by atoms with van der Waals surface area (Å²) < 4.78 is 0. The Bertz CT molecular complexity index is 8.00. The van der Waals surface area contributed by atoms with E-state index in [1.54, 1.807) is 0 Å². The predicted molar refractivity (Wildman–Crippen MR) is 5.85 cm³/mol. The van der Waals surface area contributed by atoms with E-state index in [9.17, 15) is 0 Å². The molecule has 17 valence electrons. The summed E-state index contributed by atoms with van der Waals surface area (Å²) >= 11 is 0.500. The van der Waals surface area contributed by atoms with Gasteiger partial charge in [-0.1, -0.05) is 0 Å². The van der Waals surface area contributed by atoms with Gasteiger partial charge < -0.3 is 17.0 Å². The van der Waals surface area contributed by atoms with Crippen LogP contribution in [-0.4, -0.2) is 0 Å². The fraction of sp³-hybridized carbons (Fsp3) is 0. The van der Waals surface area contributed by atoms with E-state index in [1.165, 1.54) is 0 Å². The summed E-state index contributed by atoms with van der Waals surface area (Å²) in [4.78, 5) is 0. The van der Waals surface area contributed by atoms with Crippen LogP contribution >= 0.6 is 8.25 Å². The Kier molecular flexibility index (Phi) is 68.6. The van der Waals surface area contributed by atoms with Gasteiger partial charge in [0, 0.05) is 0 Å². The van der Waals surface area contributed by atoms with Crippen molar-refractivity contribution in [2.45, 2.75) is 0 Å². The van der Waals surface area contributed by atoms with Crippen molar-refractivity contribution in [1.29, 1.82) is 0 Å². The van der Waals surface area contributed by atoms with Crippen LogP contribution in [0.2, 0.25) is 0 Å². The van der Waals surface area contributed by atoms with Gasteiger partial charge in [-0.25, -0.2) is 0 Å². The molecule has 0 aliphatic carbocycles. The standard InChI is InChI=1S/BrH.ClH.Hg.Na/h2*1H;;/q;;2*+1/p-2. The summed E-state index contributed by atoms with van der Waals surface area (Å²) in [6.45, 7) is 0. The molecule has 0 amide bonds. The van der Waals surface area contributed by atoms with Crippen molar-refractivity contribution in [3.05, 3.63) is 0 Å². The molecule has 0 aliphatic rings. The minimum Gasteiger partial charge on any atom is 1.00 e. The van der Waals surface area contributed by atoms with E-state index in [0.29, 0.717) is 24.9 Å². The molecule has 0 heterocycles. The maximum Gasteiger partial charge on any atom is 1.00 e. The molecule has 0 bridgehead atoms. The Morgan fingerprint density at radius 1 is 1.25 bits per heavy atom. The quantitative estimate of drug-likeness (QED) is 0.387. The molecule has 0 aromatic rings. The average molecular weight is 339 g/mol. The van der Waals surface area contributed by atoms with Gasteiger partial charge in [-0.3, -0.25) is 0 Å². The minimum atomic E-state index is 0. The third-order valence-electron chi connectivity index (χ3n) is 0. The van der Waals surface area contributed by atoms with E-state index in [-0.39, 0.29) is 46.5 Å². The molecule has 0 saturated heterocycles. The summed E-state index contributed by atoms with van der Waals surface area (Å²) in [5.41, 5.74) is 0. The first kappa shape index (κ1) is 15.9. The Morgan fingerprint density at radius 3 is 1.25 bits per heavy atom. The second-order valence-electron chi connectivity index (χ2n) is 0. The zero-order valence-electron chi connectivity index (χ0n) is 2.46. The van der Waals surface area contributed by atoms with Crippen molar-refractivity contribution in [3.8, 4) is 0 Å².